The van der Waals surface area contributed by atoms with Gasteiger partial charge in [-0.15, -0.1) is 0 Å². The van der Waals surface area contributed by atoms with Gasteiger partial charge in [0.15, 0.2) is 11.5 Å². The Bertz CT molecular complexity index is 966. The fraction of sp³-hybridized carbons (Fsp3) is 0.714. The molecule has 0 spiro atoms. The van der Waals surface area contributed by atoms with Crippen molar-refractivity contribution in [3.63, 3.8) is 0 Å². The minimum absolute atomic E-state index is 0.0143. The average molecular weight is 559 g/mol. The molecule has 0 bridgehead atoms. The second kappa shape index (κ2) is 15.9. The van der Waals surface area contributed by atoms with E-state index in [0.717, 1.165) is 37.7 Å². The lowest BCUT2D eigenvalue weighted by Crippen LogP contribution is -2.36. The Morgan fingerprint density at radius 1 is 0.825 bits per heavy atom. The number of fused-ring (bicyclic) bond motifs is 1. The van der Waals surface area contributed by atoms with Crippen molar-refractivity contribution < 1.29 is 23.0 Å². The predicted molar refractivity (Wildman–Crippen MR) is 159 cm³/mol. The van der Waals surface area contributed by atoms with Gasteiger partial charge in [0.25, 0.3) is 0 Å². The number of hydrogen-bond acceptors (Lipinski definition) is 3. The molecule has 4 unspecified atom stereocenters. The summed E-state index contributed by atoms with van der Waals surface area (Å²) in [6.07, 6.45) is 23.3. The van der Waals surface area contributed by atoms with Crippen molar-refractivity contribution >= 4 is 0 Å². The molecule has 0 amide bonds. The number of ether oxygens (including phenoxy) is 3. The molecule has 1 aromatic rings. The molecule has 3 nitrogen and oxygen atoms in total. The van der Waals surface area contributed by atoms with Gasteiger partial charge in [0.2, 0.25) is 11.6 Å². The third-order valence-corrected chi connectivity index (χ3v) is 9.71. The highest BCUT2D eigenvalue weighted by Crippen LogP contribution is 2.44. The van der Waals surface area contributed by atoms with Crippen LogP contribution in [0.4, 0.5) is 8.78 Å². The summed E-state index contributed by atoms with van der Waals surface area (Å²) < 4.78 is 46.0. The van der Waals surface area contributed by atoms with E-state index < -0.39 is 11.6 Å². The van der Waals surface area contributed by atoms with Gasteiger partial charge in [-0.1, -0.05) is 38.0 Å². The Morgan fingerprint density at radius 2 is 1.50 bits per heavy atom. The van der Waals surface area contributed by atoms with Crippen molar-refractivity contribution in [1.82, 2.24) is 0 Å². The van der Waals surface area contributed by atoms with Gasteiger partial charge in [-0.2, -0.15) is 8.78 Å². The third kappa shape index (κ3) is 8.57. The van der Waals surface area contributed by atoms with E-state index in [1.54, 1.807) is 6.92 Å². The number of allylic oxidation sites excluding steroid dienone is 4. The van der Waals surface area contributed by atoms with Gasteiger partial charge < -0.3 is 14.2 Å². The first-order valence-electron chi connectivity index (χ1n) is 16.2. The summed E-state index contributed by atoms with van der Waals surface area (Å²) in [7, 11) is 0. The number of rotatable bonds is 13. The summed E-state index contributed by atoms with van der Waals surface area (Å²) in [5, 5.41) is 0. The van der Waals surface area contributed by atoms with Crippen molar-refractivity contribution in [3.8, 4) is 11.5 Å². The summed E-state index contributed by atoms with van der Waals surface area (Å²) in [5.74, 6) is 1.25. The molecule has 224 valence electrons. The first-order chi connectivity index (χ1) is 19.5. The summed E-state index contributed by atoms with van der Waals surface area (Å²) in [6.45, 7) is 7.85. The zero-order valence-corrected chi connectivity index (χ0v) is 25.1. The fourth-order valence-corrected chi connectivity index (χ4v) is 7.29. The normalized spacial score (nSPS) is 29.4. The second-order valence-corrected chi connectivity index (χ2v) is 12.5. The standard InChI is InChI=1S/C35H52F2O3/c1-4-7-8-9-10-27(5-2)28-14-11-25(12-15-28)23-39-31-18-17-29-21-26(13-16-30(29)22-31)24-40-33-20-19-32(38-6-3)34(36)35(33)37/h5,9-10,19-20,25-26,28-31H,4,6-8,11-18,21-24H2,1-3H3/b10-9-,27-5+. The molecule has 0 aliphatic heterocycles. The van der Waals surface area contributed by atoms with Crippen LogP contribution < -0.4 is 9.47 Å². The summed E-state index contributed by atoms with van der Waals surface area (Å²) in [6, 6.07) is 2.93. The molecule has 0 heterocycles. The van der Waals surface area contributed by atoms with Crippen LogP contribution in [0.15, 0.2) is 35.9 Å². The van der Waals surface area contributed by atoms with Crippen molar-refractivity contribution in [2.75, 3.05) is 19.8 Å². The molecule has 0 N–H and O–H groups in total. The largest absolute Gasteiger partial charge is 0.491 e. The molecule has 5 heteroatoms. The Morgan fingerprint density at radius 3 is 2.20 bits per heavy atom. The molecule has 3 saturated carbocycles. The maximum absolute atomic E-state index is 14.4. The zero-order valence-electron chi connectivity index (χ0n) is 25.1. The molecule has 3 aliphatic carbocycles. The van der Waals surface area contributed by atoms with E-state index in [-0.39, 0.29) is 11.5 Å². The predicted octanol–water partition coefficient (Wildman–Crippen LogP) is 9.84. The number of hydrogen-bond donors (Lipinski definition) is 0. The van der Waals surface area contributed by atoms with Gasteiger partial charge >= 0.3 is 0 Å². The quantitative estimate of drug-likeness (QED) is 0.178. The van der Waals surface area contributed by atoms with Crippen LogP contribution in [0.25, 0.3) is 0 Å². The molecular formula is C35H52F2O3. The van der Waals surface area contributed by atoms with Crippen LogP contribution in [0.2, 0.25) is 0 Å². The molecule has 0 radical (unpaired) electrons. The van der Waals surface area contributed by atoms with Crippen LogP contribution in [0, 0.1) is 41.2 Å². The second-order valence-electron chi connectivity index (χ2n) is 12.5. The van der Waals surface area contributed by atoms with Crippen molar-refractivity contribution in [2.24, 2.45) is 29.6 Å². The molecular weight excluding hydrogens is 506 g/mol. The van der Waals surface area contributed by atoms with Crippen LogP contribution in [0.3, 0.4) is 0 Å². The average Bonchev–Trinajstić information content (AvgIpc) is 2.98. The number of unbranched alkanes of at least 4 members (excludes halogenated alkanes) is 2. The topological polar surface area (TPSA) is 27.7 Å². The monoisotopic (exact) mass is 558 g/mol. The zero-order chi connectivity index (χ0) is 28.3. The highest BCUT2D eigenvalue weighted by molar-refractivity contribution is 5.35. The highest BCUT2D eigenvalue weighted by atomic mass is 19.2. The van der Waals surface area contributed by atoms with Gasteiger partial charge in [-0.3, -0.25) is 0 Å². The van der Waals surface area contributed by atoms with Gasteiger partial charge in [0, 0.05) is 6.61 Å². The van der Waals surface area contributed by atoms with E-state index in [1.165, 1.54) is 81.9 Å². The van der Waals surface area contributed by atoms with Crippen molar-refractivity contribution in [2.45, 2.75) is 110 Å². The Kier molecular flexibility index (Phi) is 12.4. The summed E-state index contributed by atoms with van der Waals surface area (Å²) >= 11 is 0. The van der Waals surface area contributed by atoms with E-state index in [0.29, 0.717) is 37.1 Å². The minimum atomic E-state index is -0.966. The molecule has 1 aromatic carbocycles. The maximum atomic E-state index is 14.4. The maximum Gasteiger partial charge on any atom is 0.204 e. The lowest BCUT2D eigenvalue weighted by atomic mass is 9.67. The van der Waals surface area contributed by atoms with Crippen LogP contribution in [0.5, 0.6) is 11.5 Å². The molecule has 4 rings (SSSR count). The minimum Gasteiger partial charge on any atom is -0.491 e. The van der Waals surface area contributed by atoms with E-state index in [1.807, 2.05) is 0 Å². The van der Waals surface area contributed by atoms with E-state index in [4.69, 9.17) is 14.2 Å². The van der Waals surface area contributed by atoms with Gasteiger partial charge in [0.05, 0.1) is 19.3 Å². The van der Waals surface area contributed by atoms with Crippen molar-refractivity contribution in [3.05, 3.63) is 47.6 Å². The molecule has 4 atom stereocenters. The molecule has 0 aromatic heterocycles. The molecule has 3 fully saturated rings. The smallest absolute Gasteiger partial charge is 0.204 e. The number of benzene rings is 1. The Hall–Kier alpha value is -1.88. The van der Waals surface area contributed by atoms with Gasteiger partial charge in [-0.25, -0.2) is 0 Å². The molecule has 0 saturated heterocycles. The Balaban J connectivity index is 1.14. The fourth-order valence-electron chi connectivity index (χ4n) is 7.29. The van der Waals surface area contributed by atoms with E-state index >= 15 is 0 Å². The van der Waals surface area contributed by atoms with Gasteiger partial charge in [0.1, 0.15) is 0 Å². The van der Waals surface area contributed by atoms with Crippen LogP contribution in [-0.2, 0) is 4.74 Å². The van der Waals surface area contributed by atoms with Crippen molar-refractivity contribution in [1.29, 1.82) is 0 Å². The molecule has 3 aliphatic rings. The van der Waals surface area contributed by atoms with E-state index in [9.17, 15) is 8.78 Å². The Labute approximate surface area is 241 Å². The third-order valence-electron chi connectivity index (χ3n) is 9.71. The highest BCUT2D eigenvalue weighted by Gasteiger charge is 2.36. The van der Waals surface area contributed by atoms with Crippen LogP contribution in [0.1, 0.15) is 104 Å². The van der Waals surface area contributed by atoms with E-state index in [2.05, 4.69) is 32.1 Å². The van der Waals surface area contributed by atoms with Gasteiger partial charge in [-0.05, 0) is 132 Å². The molecule has 40 heavy (non-hydrogen) atoms. The first-order valence-corrected chi connectivity index (χ1v) is 16.2. The summed E-state index contributed by atoms with van der Waals surface area (Å²) in [5.41, 5.74) is 1.53. The first kappa shape index (κ1) is 31.1. The summed E-state index contributed by atoms with van der Waals surface area (Å²) in [4.78, 5) is 0. The lowest BCUT2D eigenvalue weighted by molar-refractivity contribution is -0.0390. The SMILES string of the molecule is C/C=C(\C=C/CCCC)C1CCC(COC2CCC3CC(COc4ccc(OCC)c(F)c4F)CCC3C2)CC1. The lowest BCUT2D eigenvalue weighted by Gasteiger charge is -2.42. The van der Waals surface area contributed by atoms with Crippen LogP contribution >= 0.6 is 0 Å². The number of halogens is 2. The van der Waals surface area contributed by atoms with Crippen LogP contribution in [-0.4, -0.2) is 25.9 Å².